The van der Waals surface area contributed by atoms with Gasteiger partial charge in [-0.1, -0.05) is 23.2 Å². The van der Waals surface area contributed by atoms with Gasteiger partial charge in [0.05, 0.1) is 10.6 Å². The van der Waals surface area contributed by atoms with Crippen molar-refractivity contribution in [2.24, 2.45) is 0 Å². The molecule has 0 saturated heterocycles. The van der Waals surface area contributed by atoms with Gasteiger partial charge in [-0.05, 0) is 44.7 Å². The van der Waals surface area contributed by atoms with Gasteiger partial charge >= 0.3 is 12.1 Å². The van der Waals surface area contributed by atoms with Crippen LogP contribution in [0, 0.1) is 6.92 Å². The summed E-state index contributed by atoms with van der Waals surface area (Å²) in [4.78, 5) is 34.8. The first kappa shape index (κ1) is 26.8. The van der Waals surface area contributed by atoms with E-state index in [0.717, 1.165) is 24.6 Å². The van der Waals surface area contributed by atoms with Crippen LogP contribution in [0.15, 0.2) is 18.2 Å². The maximum Gasteiger partial charge on any atom is 0.491 e. The van der Waals surface area contributed by atoms with Gasteiger partial charge in [0, 0.05) is 37.9 Å². The molecule has 1 aliphatic carbocycles. The number of esters is 1. The van der Waals surface area contributed by atoms with Crippen LogP contribution in [-0.2, 0) is 4.79 Å². The summed E-state index contributed by atoms with van der Waals surface area (Å²) in [6.45, 7) is 1.88. The van der Waals surface area contributed by atoms with Gasteiger partial charge in [-0.15, -0.1) is 0 Å². The Labute approximate surface area is 210 Å². The summed E-state index contributed by atoms with van der Waals surface area (Å²) in [5, 5.41) is 5.56. The van der Waals surface area contributed by atoms with Crippen LogP contribution in [0.5, 0.6) is 5.75 Å². The van der Waals surface area contributed by atoms with Crippen molar-refractivity contribution in [2.45, 2.75) is 50.9 Å². The summed E-state index contributed by atoms with van der Waals surface area (Å²) in [5.74, 6) is -2.64. The number of aromatic nitrogens is 2. The van der Waals surface area contributed by atoms with Crippen molar-refractivity contribution in [3.05, 3.63) is 39.5 Å². The highest BCUT2D eigenvalue weighted by molar-refractivity contribution is 6.43. The first-order chi connectivity index (χ1) is 16.3. The minimum absolute atomic E-state index is 0.126. The van der Waals surface area contributed by atoms with Crippen LogP contribution in [0.1, 0.15) is 41.7 Å². The standard InChI is InChI=1S/C22H24Cl2F3N5O3/c1-11-10-16(31-21(28-11)32(2)3)29-12-4-6-13(7-5-12)30-19(33)14-8-9-15(23)17(24)18(14)35-20(34)22(25,26)27/h8-10,12-13H,4-7H2,1-3H3,(H,30,33)(H,28,29,31). The molecule has 0 radical (unpaired) electrons. The number of aryl methyl sites for hydroxylation is 1. The number of hydrogen-bond acceptors (Lipinski definition) is 7. The predicted octanol–water partition coefficient (Wildman–Crippen LogP) is 4.78. The second-order valence-corrected chi connectivity index (χ2v) is 9.17. The van der Waals surface area contributed by atoms with Gasteiger partial charge in [0.1, 0.15) is 10.8 Å². The number of carbonyl (C=O) groups is 2. The van der Waals surface area contributed by atoms with E-state index in [-0.39, 0.29) is 22.7 Å². The topological polar surface area (TPSA) is 96.5 Å². The van der Waals surface area contributed by atoms with Crippen LogP contribution in [0.25, 0.3) is 0 Å². The third-order valence-electron chi connectivity index (χ3n) is 5.38. The lowest BCUT2D eigenvalue weighted by Crippen LogP contribution is -2.40. The SMILES string of the molecule is Cc1cc(NC2CCC(NC(=O)c3ccc(Cl)c(Cl)c3OC(=O)C(F)(F)F)CC2)nc(N(C)C)n1. The van der Waals surface area contributed by atoms with E-state index in [4.69, 9.17) is 23.2 Å². The van der Waals surface area contributed by atoms with Gasteiger partial charge in [0.15, 0.2) is 5.75 Å². The number of nitrogens with zero attached hydrogens (tertiary/aromatic N) is 3. The van der Waals surface area contributed by atoms with Crippen molar-refractivity contribution in [2.75, 3.05) is 24.3 Å². The highest BCUT2D eigenvalue weighted by Gasteiger charge is 2.42. The molecule has 0 spiro atoms. The molecule has 1 amide bonds. The smallest absolute Gasteiger partial charge is 0.417 e. The number of halogens is 5. The zero-order valence-electron chi connectivity index (χ0n) is 19.2. The lowest BCUT2D eigenvalue weighted by molar-refractivity contribution is -0.189. The monoisotopic (exact) mass is 533 g/mol. The van der Waals surface area contributed by atoms with Gasteiger partial charge in [0.2, 0.25) is 5.95 Å². The first-order valence-electron chi connectivity index (χ1n) is 10.7. The molecule has 0 bridgehead atoms. The minimum Gasteiger partial charge on any atom is -0.417 e. The Morgan fingerprint density at radius 1 is 1.09 bits per heavy atom. The summed E-state index contributed by atoms with van der Waals surface area (Å²) in [7, 11) is 3.71. The summed E-state index contributed by atoms with van der Waals surface area (Å²) < 4.78 is 42.4. The predicted molar refractivity (Wildman–Crippen MR) is 126 cm³/mol. The molecule has 0 aliphatic heterocycles. The zero-order chi connectivity index (χ0) is 25.9. The second-order valence-electron chi connectivity index (χ2n) is 8.38. The highest BCUT2D eigenvalue weighted by atomic mass is 35.5. The molecule has 0 atom stereocenters. The zero-order valence-corrected chi connectivity index (χ0v) is 20.7. The molecule has 1 aromatic heterocycles. The maximum absolute atomic E-state index is 12.8. The number of hydrogen-bond donors (Lipinski definition) is 2. The Morgan fingerprint density at radius 2 is 1.71 bits per heavy atom. The molecule has 8 nitrogen and oxygen atoms in total. The van der Waals surface area contributed by atoms with E-state index >= 15 is 0 Å². The van der Waals surface area contributed by atoms with Crippen molar-refractivity contribution in [1.29, 1.82) is 0 Å². The maximum atomic E-state index is 12.8. The minimum atomic E-state index is -5.26. The fraction of sp³-hybridized carbons (Fsp3) is 0.455. The Balaban J connectivity index is 1.64. The number of rotatable bonds is 6. The average Bonchev–Trinajstić information content (AvgIpc) is 2.77. The average molecular weight is 534 g/mol. The van der Waals surface area contributed by atoms with Crippen molar-refractivity contribution in [1.82, 2.24) is 15.3 Å². The molecule has 1 saturated carbocycles. The molecule has 35 heavy (non-hydrogen) atoms. The van der Waals surface area contributed by atoms with Crippen molar-refractivity contribution >= 4 is 46.8 Å². The molecule has 1 aliphatic rings. The third-order valence-corrected chi connectivity index (χ3v) is 6.16. The van der Waals surface area contributed by atoms with Crippen molar-refractivity contribution in [3.63, 3.8) is 0 Å². The molecule has 190 valence electrons. The largest absolute Gasteiger partial charge is 0.491 e. The number of amides is 1. The Morgan fingerprint density at radius 3 is 2.31 bits per heavy atom. The lowest BCUT2D eigenvalue weighted by Gasteiger charge is -2.30. The molecular formula is C22H24Cl2F3N5O3. The van der Waals surface area contributed by atoms with E-state index in [2.05, 4.69) is 25.3 Å². The summed E-state index contributed by atoms with van der Waals surface area (Å²) in [5.41, 5.74) is 0.515. The number of nitrogens with one attached hydrogen (secondary N) is 2. The molecule has 1 aromatic carbocycles. The number of benzene rings is 1. The highest BCUT2D eigenvalue weighted by Crippen LogP contribution is 2.37. The molecular weight excluding hydrogens is 510 g/mol. The van der Waals surface area contributed by atoms with E-state index in [1.54, 1.807) is 0 Å². The van der Waals surface area contributed by atoms with Gasteiger partial charge in [-0.25, -0.2) is 9.78 Å². The Hall–Kier alpha value is -2.79. The molecule has 3 rings (SSSR count). The number of alkyl halides is 3. The fourth-order valence-electron chi connectivity index (χ4n) is 3.64. The summed E-state index contributed by atoms with van der Waals surface area (Å²) >= 11 is 11.8. The summed E-state index contributed by atoms with van der Waals surface area (Å²) in [6, 6.07) is 4.16. The Kier molecular flexibility index (Phi) is 8.32. The van der Waals surface area contributed by atoms with E-state index < -0.39 is 28.8 Å². The molecule has 1 heterocycles. The van der Waals surface area contributed by atoms with Crippen LogP contribution >= 0.6 is 23.2 Å². The van der Waals surface area contributed by atoms with Crippen LogP contribution in [0.3, 0.4) is 0 Å². The number of anilines is 2. The molecule has 0 unspecified atom stereocenters. The van der Waals surface area contributed by atoms with Gasteiger partial charge in [-0.2, -0.15) is 18.2 Å². The molecule has 13 heteroatoms. The molecule has 2 N–H and O–H groups in total. The first-order valence-corrected chi connectivity index (χ1v) is 11.5. The molecule has 2 aromatic rings. The fourth-order valence-corrected chi connectivity index (χ4v) is 3.99. The Bertz CT molecular complexity index is 1110. The van der Waals surface area contributed by atoms with E-state index in [1.165, 1.54) is 6.07 Å². The van der Waals surface area contributed by atoms with E-state index in [1.807, 2.05) is 32.0 Å². The number of ether oxygens (including phenoxy) is 1. The lowest BCUT2D eigenvalue weighted by atomic mass is 9.91. The van der Waals surface area contributed by atoms with E-state index in [9.17, 15) is 22.8 Å². The van der Waals surface area contributed by atoms with Gasteiger partial charge in [0.25, 0.3) is 5.91 Å². The normalized spacial score (nSPS) is 18.1. The third kappa shape index (κ3) is 6.88. The van der Waals surface area contributed by atoms with Crippen LogP contribution in [0.2, 0.25) is 10.0 Å². The summed E-state index contributed by atoms with van der Waals surface area (Å²) in [6.07, 6.45) is -2.58. The van der Waals surface area contributed by atoms with Crippen LogP contribution < -0.4 is 20.3 Å². The molecule has 1 fully saturated rings. The van der Waals surface area contributed by atoms with Crippen molar-refractivity contribution in [3.8, 4) is 5.75 Å². The second kappa shape index (κ2) is 10.9. The number of carbonyl (C=O) groups excluding carboxylic acids is 2. The van der Waals surface area contributed by atoms with Gasteiger partial charge in [-0.3, -0.25) is 4.79 Å². The quantitative estimate of drug-likeness (QED) is 0.407. The van der Waals surface area contributed by atoms with E-state index in [0.29, 0.717) is 24.6 Å². The van der Waals surface area contributed by atoms with Crippen LogP contribution in [-0.4, -0.2) is 54.2 Å². The van der Waals surface area contributed by atoms with Gasteiger partial charge < -0.3 is 20.3 Å². The van der Waals surface area contributed by atoms with Crippen molar-refractivity contribution < 1.29 is 27.5 Å². The van der Waals surface area contributed by atoms with Crippen LogP contribution in [0.4, 0.5) is 24.9 Å².